The predicted octanol–water partition coefficient (Wildman–Crippen LogP) is 2.31. The van der Waals surface area contributed by atoms with E-state index in [0.29, 0.717) is 5.56 Å². The standard InChI is InChI=1S/C14H21FN2/c15-14-12(5-4-6-13(14)11-16)7-10-17-8-2-1-3-9-17/h4-6H,1-3,7-11,16H2. The van der Waals surface area contributed by atoms with E-state index in [0.717, 1.165) is 31.6 Å². The lowest BCUT2D eigenvalue weighted by molar-refractivity contribution is 0.231. The molecule has 2 N–H and O–H groups in total. The van der Waals surface area contributed by atoms with Crippen LogP contribution in [0.5, 0.6) is 0 Å². The van der Waals surface area contributed by atoms with E-state index in [1.165, 1.54) is 19.3 Å². The molecular formula is C14H21FN2. The summed E-state index contributed by atoms with van der Waals surface area (Å²) in [7, 11) is 0. The number of rotatable bonds is 4. The lowest BCUT2D eigenvalue weighted by atomic mass is 10.1. The minimum atomic E-state index is -0.105. The number of nitrogens with two attached hydrogens (primary N) is 1. The number of benzene rings is 1. The highest BCUT2D eigenvalue weighted by molar-refractivity contribution is 5.26. The molecule has 0 spiro atoms. The second kappa shape index (κ2) is 6.12. The topological polar surface area (TPSA) is 29.3 Å². The molecule has 1 aromatic rings. The third-order valence-corrected chi connectivity index (χ3v) is 3.52. The van der Waals surface area contributed by atoms with Gasteiger partial charge in [0.1, 0.15) is 5.82 Å². The molecule has 0 amide bonds. The second-order valence-electron chi connectivity index (χ2n) is 4.75. The van der Waals surface area contributed by atoms with Crippen molar-refractivity contribution in [2.45, 2.75) is 32.2 Å². The number of hydrogen-bond acceptors (Lipinski definition) is 2. The molecule has 3 heteroatoms. The van der Waals surface area contributed by atoms with Gasteiger partial charge in [0.2, 0.25) is 0 Å². The van der Waals surface area contributed by atoms with Gasteiger partial charge >= 0.3 is 0 Å². The number of hydrogen-bond donors (Lipinski definition) is 1. The maximum Gasteiger partial charge on any atom is 0.130 e. The average molecular weight is 236 g/mol. The fourth-order valence-electron chi connectivity index (χ4n) is 2.45. The van der Waals surface area contributed by atoms with E-state index in [9.17, 15) is 4.39 Å². The maximum atomic E-state index is 13.9. The number of piperidine rings is 1. The molecule has 1 aliphatic rings. The van der Waals surface area contributed by atoms with Crippen molar-refractivity contribution in [1.82, 2.24) is 4.90 Å². The molecule has 0 aliphatic carbocycles. The van der Waals surface area contributed by atoms with Crippen LogP contribution in [0, 0.1) is 5.82 Å². The third kappa shape index (κ3) is 3.27. The Hall–Kier alpha value is -0.930. The van der Waals surface area contributed by atoms with Gasteiger partial charge in [0.05, 0.1) is 0 Å². The zero-order valence-corrected chi connectivity index (χ0v) is 10.3. The fourth-order valence-corrected chi connectivity index (χ4v) is 2.45. The van der Waals surface area contributed by atoms with E-state index in [2.05, 4.69) is 4.90 Å². The van der Waals surface area contributed by atoms with Crippen molar-refractivity contribution < 1.29 is 4.39 Å². The van der Waals surface area contributed by atoms with Gasteiger partial charge in [-0.15, -0.1) is 0 Å². The smallest absolute Gasteiger partial charge is 0.130 e. The van der Waals surface area contributed by atoms with Gasteiger partial charge in [0.25, 0.3) is 0 Å². The van der Waals surface area contributed by atoms with Crippen molar-refractivity contribution >= 4 is 0 Å². The Morgan fingerprint density at radius 1 is 1.12 bits per heavy atom. The molecule has 1 heterocycles. The number of likely N-dealkylation sites (tertiary alicyclic amines) is 1. The number of nitrogens with zero attached hydrogens (tertiary/aromatic N) is 1. The lowest BCUT2D eigenvalue weighted by Gasteiger charge is -2.26. The van der Waals surface area contributed by atoms with Gasteiger partial charge in [0, 0.05) is 18.7 Å². The van der Waals surface area contributed by atoms with Gasteiger partial charge in [-0.25, -0.2) is 4.39 Å². The van der Waals surface area contributed by atoms with Gasteiger partial charge in [-0.05, 0) is 37.9 Å². The van der Waals surface area contributed by atoms with Crippen LogP contribution in [-0.2, 0) is 13.0 Å². The minimum absolute atomic E-state index is 0.105. The summed E-state index contributed by atoms with van der Waals surface area (Å²) in [5.74, 6) is -0.105. The Bertz CT molecular complexity index is 359. The molecule has 1 saturated heterocycles. The molecule has 0 atom stereocenters. The molecular weight excluding hydrogens is 215 g/mol. The molecule has 94 valence electrons. The van der Waals surface area contributed by atoms with E-state index >= 15 is 0 Å². The molecule has 1 aliphatic heterocycles. The van der Waals surface area contributed by atoms with Crippen LogP contribution in [0.25, 0.3) is 0 Å². The Morgan fingerprint density at radius 2 is 1.82 bits per heavy atom. The highest BCUT2D eigenvalue weighted by atomic mass is 19.1. The summed E-state index contributed by atoms with van der Waals surface area (Å²) in [6.45, 7) is 3.57. The first-order valence-electron chi connectivity index (χ1n) is 6.50. The maximum absolute atomic E-state index is 13.9. The van der Waals surface area contributed by atoms with Crippen LogP contribution in [0.2, 0.25) is 0 Å². The monoisotopic (exact) mass is 236 g/mol. The zero-order valence-electron chi connectivity index (χ0n) is 10.3. The third-order valence-electron chi connectivity index (χ3n) is 3.52. The van der Waals surface area contributed by atoms with Crippen LogP contribution in [0.3, 0.4) is 0 Å². The van der Waals surface area contributed by atoms with Crippen LogP contribution in [-0.4, -0.2) is 24.5 Å². The number of halogens is 1. The Kier molecular flexibility index (Phi) is 4.51. The molecule has 0 radical (unpaired) electrons. The van der Waals surface area contributed by atoms with Crippen molar-refractivity contribution in [1.29, 1.82) is 0 Å². The fraction of sp³-hybridized carbons (Fsp3) is 0.571. The summed E-state index contributed by atoms with van der Waals surface area (Å²) in [5.41, 5.74) is 6.94. The Balaban J connectivity index is 1.93. The summed E-state index contributed by atoms with van der Waals surface area (Å²) >= 11 is 0. The summed E-state index contributed by atoms with van der Waals surface area (Å²) in [6, 6.07) is 5.54. The molecule has 0 saturated carbocycles. The molecule has 17 heavy (non-hydrogen) atoms. The summed E-state index contributed by atoms with van der Waals surface area (Å²) in [5, 5.41) is 0. The molecule has 0 bridgehead atoms. The minimum Gasteiger partial charge on any atom is -0.326 e. The van der Waals surface area contributed by atoms with Crippen LogP contribution in [0.1, 0.15) is 30.4 Å². The van der Waals surface area contributed by atoms with Gasteiger partial charge in [0.15, 0.2) is 0 Å². The van der Waals surface area contributed by atoms with E-state index in [4.69, 9.17) is 5.73 Å². The molecule has 2 rings (SSSR count). The summed E-state index contributed by atoms with van der Waals surface area (Å²) in [4.78, 5) is 2.43. The Morgan fingerprint density at radius 3 is 2.53 bits per heavy atom. The van der Waals surface area contributed by atoms with Crippen molar-refractivity contribution in [3.63, 3.8) is 0 Å². The average Bonchev–Trinajstić information content (AvgIpc) is 2.39. The van der Waals surface area contributed by atoms with Crippen LogP contribution >= 0.6 is 0 Å². The van der Waals surface area contributed by atoms with Crippen molar-refractivity contribution in [3.05, 3.63) is 35.1 Å². The van der Waals surface area contributed by atoms with Crippen molar-refractivity contribution in [3.8, 4) is 0 Å². The first kappa shape index (κ1) is 12.5. The second-order valence-corrected chi connectivity index (χ2v) is 4.75. The Labute approximate surface area is 103 Å². The van der Waals surface area contributed by atoms with Gasteiger partial charge in [-0.3, -0.25) is 0 Å². The molecule has 1 aromatic carbocycles. The zero-order chi connectivity index (χ0) is 12.1. The van der Waals surface area contributed by atoms with E-state index in [-0.39, 0.29) is 12.4 Å². The van der Waals surface area contributed by atoms with Gasteiger partial charge in [-0.1, -0.05) is 24.6 Å². The highest BCUT2D eigenvalue weighted by Gasteiger charge is 2.12. The van der Waals surface area contributed by atoms with Gasteiger partial charge < -0.3 is 10.6 Å². The van der Waals surface area contributed by atoms with Crippen LogP contribution < -0.4 is 5.73 Å². The summed E-state index contributed by atoms with van der Waals surface area (Å²) in [6.07, 6.45) is 4.70. The molecule has 0 unspecified atom stereocenters. The van der Waals surface area contributed by atoms with E-state index < -0.39 is 0 Å². The summed E-state index contributed by atoms with van der Waals surface area (Å²) < 4.78 is 13.9. The van der Waals surface area contributed by atoms with E-state index in [1.54, 1.807) is 6.07 Å². The van der Waals surface area contributed by atoms with E-state index in [1.807, 2.05) is 12.1 Å². The predicted molar refractivity (Wildman–Crippen MR) is 68.3 cm³/mol. The van der Waals surface area contributed by atoms with Crippen molar-refractivity contribution in [2.75, 3.05) is 19.6 Å². The molecule has 1 fully saturated rings. The first-order chi connectivity index (χ1) is 8.31. The largest absolute Gasteiger partial charge is 0.326 e. The molecule has 2 nitrogen and oxygen atoms in total. The quantitative estimate of drug-likeness (QED) is 0.869. The molecule has 0 aromatic heterocycles. The highest BCUT2D eigenvalue weighted by Crippen LogP contribution is 2.15. The SMILES string of the molecule is NCc1cccc(CCN2CCCCC2)c1F. The van der Waals surface area contributed by atoms with Gasteiger partial charge in [-0.2, -0.15) is 0 Å². The normalized spacial score (nSPS) is 17.3. The lowest BCUT2D eigenvalue weighted by Crippen LogP contribution is -2.31. The van der Waals surface area contributed by atoms with Crippen LogP contribution in [0.15, 0.2) is 18.2 Å². The first-order valence-corrected chi connectivity index (χ1v) is 6.50. The van der Waals surface area contributed by atoms with Crippen molar-refractivity contribution in [2.24, 2.45) is 5.73 Å². The van der Waals surface area contributed by atoms with Crippen LogP contribution in [0.4, 0.5) is 4.39 Å².